The van der Waals surface area contributed by atoms with Gasteiger partial charge in [-0.1, -0.05) is 62.7 Å². The van der Waals surface area contributed by atoms with Crippen LogP contribution in [0.4, 0.5) is 25.8 Å². The number of nitrogens with one attached hydrogen (secondary N) is 2. The smallest absolute Gasteiger partial charge is 0.407 e. The van der Waals surface area contributed by atoms with Crippen molar-refractivity contribution in [1.29, 1.82) is 0 Å². The second-order valence-corrected chi connectivity index (χ2v) is 9.56. The number of fused-ring (bicyclic) bond motifs is 2. The van der Waals surface area contributed by atoms with Crippen molar-refractivity contribution in [1.82, 2.24) is 15.5 Å². The molecule has 0 aromatic heterocycles. The van der Waals surface area contributed by atoms with E-state index in [0.717, 1.165) is 46.8 Å². The Balaban J connectivity index is 1.72. The summed E-state index contributed by atoms with van der Waals surface area (Å²) in [6, 6.07) is 15.2. The average Bonchev–Trinajstić information content (AvgIpc) is 2.90. The van der Waals surface area contributed by atoms with E-state index in [-0.39, 0.29) is 32.3 Å². The standard InChI is InChI=1S/C27H36N4O5S/c1-3-5-15-28-25(32)35-19-17-30(18-20-36-26(33)29-16-6-4-2)27(34)31-21-11-7-9-13-23(21)37-24-14-10-8-12-22(24)31/h7-14H,3-6,15-20H2,1-2H3,(H,28,32)(H,29,33). The topological polar surface area (TPSA) is 100 Å². The van der Waals surface area contributed by atoms with Gasteiger partial charge in [0.1, 0.15) is 13.2 Å². The number of anilines is 2. The number of rotatable bonds is 12. The number of urea groups is 1. The fourth-order valence-corrected chi connectivity index (χ4v) is 4.75. The third-order valence-corrected chi connectivity index (χ3v) is 6.81. The number of carbonyl (C=O) groups excluding carboxylic acids is 3. The molecule has 0 atom stereocenters. The molecule has 0 unspecified atom stereocenters. The van der Waals surface area contributed by atoms with Crippen molar-refractivity contribution in [3.63, 3.8) is 0 Å². The van der Waals surface area contributed by atoms with E-state index in [1.807, 2.05) is 62.4 Å². The summed E-state index contributed by atoms with van der Waals surface area (Å²) in [5, 5.41) is 5.41. The number of ether oxygens (including phenoxy) is 2. The van der Waals surface area contributed by atoms with Crippen molar-refractivity contribution in [2.75, 3.05) is 44.3 Å². The molecule has 37 heavy (non-hydrogen) atoms. The van der Waals surface area contributed by atoms with Crippen molar-refractivity contribution >= 4 is 41.4 Å². The quantitative estimate of drug-likeness (QED) is 0.340. The lowest BCUT2D eigenvalue weighted by Crippen LogP contribution is -2.45. The van der Waals surface area contributed by atoms with E-state index >= 15 is 0 Å². The molecule has 3 rings (SSSR count). The maximum atomic E-state index is 13.9. The monoisotopic (exact) mass is 528 g/mol. The predicted octanol–water partition coefficient (Wildman–Crippen LogP) is 5.76. The van der Waals surface area contributed by atoms with Crippen molar-refractivity contribution in [3.8, 4) is 0 Å². The van der Waals surface area contributed by atoms with E-state index < -0.39 is 12.2 Å². The summed E-state index contributed by atoms with van der Waals surface area (Å²) in [5.41, 5.74) is 1.55. The molecule has 4 amide bonds. The summed E-state index contributed by atoms with van der Waals surface area (Å²) >= 11 is 1.61. The van der Waals surface area contributed by atoms with Crippen molar-refractivity contribution in [2.45, 2.75) is 49.3 Å². The Hall–Kier alpha value is -3.40. The van der Waals surface area contributed by atoms with E-state index in [9.17, 15) is 14.4 Å². The van der Waals surface area contributed by atoms with Gasteiger partial charge in [-0.2, -0.15) is 0 Å². The van der Waals surface area contributed by atoms with Gasteiger partial charge < -0.3 is 25.0 Å². The summed E-state index contributed by atoms with van der Waals surface area (Å²) in [4.78, 5) is 43.1. The Morgan fingerprint density at radius 2 is 1.24 bits per heavy atom. The lowest BCUT2D eigenvalue weighted by atomic mass is 10.2. The van der Waals surface area contributed by atoms with Crippen LogP contribution in [0.1, 0.15) is 39.5 Å². The van der Waals surface area contributed by atoms with Crippen LogP contribution in [-0.4, -0.2) is 62.5 Å². The van der Waals surface area contributed by atoms with E-state index in [0.29, 0.717) is 13.1 Å². The van der Waals surface area contributed by atoms with E-state index in [2.05, 4.69) is 10.6 Å². The summed E-state index contributed by atoms with van der Waals surface area (Å²) in [6.45, 7) is 5.48. The van der Waals surface area contributed by atoms with Crippen LogP contribution < -0.4 is 15.5 Å². The van der Waals surface area contributed by atoms with Gasteiger partial charge in [0, 0.05) is 22.9 Å². The van der Waals surface area contributed by atoms with Crippen LogP contribution in [0.5, 0.6) is 0 Å². The van der Waals surface area contributed by atoms with Crippen molar-refractivity contribution < 1.29 is 23.9 Å². The molecule has 1 aliphatic rings. The molecule has 10 heteroatoms. The van der Waals surface area contributed by atoms with Crippen LogP contribution in [0.3, 0.4) is 0 Å². The summed E-state index contributed by atoms with van der Waals surface area (Å²) in [6.07, 6.45) is 2.62. The SMILES string of the molecule is CCCCNC(=O)OCCN(CCOC(=O)NCCCC)C(=O)N1c2ccccc2Sc2ccccc21. The zero-order valence-corrected chi connectivity index (χ0v) is 22.4. The average molecular weight is 529 g/mol. The minimum absolute atomic E-state index is 0.0122. The van der Waals surface area contributed by atoms with Crippen LogP contribution in [0.25, 0.3) is 0 Å². The normalized spacial score (nSPS) is 11.7. The van der Waals surface area contributed by atoms with E-state index in [1.54, 1.807) is 21.6 Å². The number of hydrogen-bond donors (Lipinski definition) is 2. The lowest BCUT2D eigenvalue weighted by molar-refractivity contribution is 0.114. The summed E-state index contributed by atoms with van der Waals surface area (Å²) in [5.74, 6) is 0. The highest BCUT2D eigenvalue weighted by atomic mass is 32.2. The highest BCUT2D eigenvalue weighted by Gasteiger charge is 2.31. The van der Waals surface area contributed by atoms with Gasteiger partial charge in [0.25, 0.3) is 0 Å². The Morgan fingerprint density at radius 3 is 1.70 bits per heavy atom. The number of carbonyl (C=O) groups is 3. The molecule has 1 aliphatic heterocycles. The van der Waals surface area contributed by atoms with Crippen LogP contribution in [0.15, 0.2) is 58.3 Å². The largest absolute Gasteiger partial charge is 0.448 e. The maximum Gasteiger partial charge on any atom is 0.407 e. The fourth-order valence-electron chi connectivity index (χ4n) is 3.69. The Labute approximate surface area is 222 Å². The van der Waals surface area contributed by atoms with Crippen molar-refractivity contribution in [3.05, 3.63) is 48.5 Å². The molecule has 0 bridgehead atoms. The number of nitrogens with zero attached hydrogens (tertiary/aromatic N) is 2. The molecule has 0 radical (unpaired) electrons. The molecule has 1 heterocycles. The molecule has 2 aromatic carbocycles. The molecular formula is C27H36N4O5S. The number of benzene rings is 2. The minimum Gasteiger partial charge on any atom is -0.448 e. The molecule has 2 N–H and O–H groups in total. The van der Waals surface area contributed by atoms with Crippen LogP contribution >= 0.6 is 11.8 Å². The van der Waals surface area contributed by atoms with Gasteiger partial charge in [-0.3, -0.25) is 4.90 Å². The Kier molecular flexibility index (Phi) is 11.4. The summed E-state index contributed by atoms with van der Waals surface area (Å²) in [7, 11) is 0. The first-order valence-corrected chi connectivity index (χ1v) is 13.6. The van der Waals surface area contributed by atoms with Crippen LogP contribution in [0, 0.1) is 0 Å². The van der Waals surface area contributed by atoms with Gasteiger partial charge in [0.05, 0.1) is 24.5 Å². The Bertz CT molecular complexity index is 977. The molecule has 2 aromatic rings. The number of hydrogen-bond acceptors (Lipinski definition) is 6. The molecule has 0 saturated heterocycles. The van der Waals surface area contributed by atoms with Gasteiger partial charge in [-0.25, -0.2) is 14.4 Å². The van der Waals surface area contributed by atoms with Gasteiger partial charge in [-0.15, -0.1) is 0 Å². The molecule has 0 fully saturated rings. The van der Waals surface area contributed by atoms with Gasteiger partial charge in [-0.05, 0) is 37.1 Å². The third-order valence-electron chi connectivity index (χ3n) is 5.68. The minimum atomic E-state index is -0.516. The van der Waals surface area contributed by atoms with Gasteiger partial charge in [0.15, 0.2) is 0 Å². The molecule has 200 valence electrons. The summed E-state index contributed by atoms with van der Waals surface area (Å²) < 4.78 is 10.6. The second kappa shape index (κ2) is 15.0. The predicted molar refractivity (Wildman–Crippen MR) is 145 cm³/mol. The highest BCUT2D eigenvalue weighted by molar-refractivity contribution is 7.99. The molecular weight excluding hydrogens is 492 g/mol. The number of para-hydroxylation sites is 2. The first-order chi connectivity index (χ1) is 18.0. The molecule has 9 nitrogen and oxygen atoms in total. The third kappa shape index (κ3) is 8.31. The Morgan fingerprint density at radius 1 is 0.784 bits per heavy atom. The molecule has 0 spiro atoms. The molecule has 0 saturated carbocycles. The lowest BCUT2D eigenvalue weighted by Gasteiger charge is -2.35. The first kappa shape index (κ1) is 28.2. The van der Waals surface area contributed by atoms with Crippen LogP contribution in [-0.2, 0) is 9.47 Å². The molecule has 0 aliphatic carbocycles. The number of amides is 4. The highest BCUT2D eigenvalue weighted by Crippen LogP contribution is 2.48. The zero-order valence-electron chi connectivity index (χ0n) is 21.5. The van der Waals surface area contributed by atoms with Crippen molar-refractivity contribution in [2.24, 2.45) is 0 Å². The first-order valence-electron chi connectivity index (χ1n) is 12.8. The maximum absolute atomic E-state index is 13.9. The van der Waals surface area contributed by atoms with Gasteiger partial charge in [0.2, 0.25) is 0 Å². The van der Waals surface area contributed by atoms with Gasteiger partial charge >= 0.3 is 18.2 Å². The zero-order chi connectivity index (χ0) is 26.5. The van der Waals surface area contributed by atoms with E-state index in [4.69, 9.17) is 9.47 Å². The second-order valence-electron chi connectivity index (χ2n) is 8.48. The number of unbranched alkanes of at least 4 members (excludes halogenated alkanes) is 2. The number of alkyl carbamates (subject to hydrolysis) is 2. The van der Waals surface area contributed by atoms with E-state index in [1.165, 1.54) is 0 Å². The fraction of sp³-hybridized carbons (Fsp3) is 0.444. The van der Waals surface area contributed by atoms with Crippen LogP contribution in [0.2, 0.25) is 0 Å².